The maximum atomic E-state index is 5.11. The molecule has 0 saturated carbocycles. The molecule has 1 saturated heterocycles. The van der Waals surface area contributed by atoms with Gasteiger partial charge in [-0.3, -0.25) is 0 Å². The van der Waals surface area contributed by atoms with E-state index in [4.69, 9.17) is 4.74 Å². The van der Waals surface area contributed by atoms with Crippen LogP contribution in [0.5, 0.6) is 0 Å². The molecule has 0 aliphatic carbocycles. The molecule has 1 fully saturated rings. The first-order chi connectivity index (χ1) is 6.93. The summed E-state index contributed by atoms with van der Waals surface area (Å²) < 4.78 is 5.11. The number of unbranched alkanes of at least 4 members (excludes halogenated alkanes) is 3. The standard InChI is InChI=1S/C13H22O/c1-2-3-4-5-6-7-8-9-10-11-13-12-14-13/h6-7,9-10,13H,2-5,8,11-12H2,1H3/b7-6-,10-9-. The van der Waals surface area contributed by atoms with Crippen LogP contribution in [0.4, 0.5) is 0 Å². The predicted molar refractivity (Wildman–Crippen MR) is 61.4 cm³/mol. The number of hydrogen-bond acceptors (Lipinski definition) is 1. The molecule has 1 unspecified atom stereocenters. The van der Waals surface area contributed by atoms with Gasteiger partial charge in [-0.15, -0.1) is 0 Å². The topological polar surface area (TPSA) is 12.5 Å². The maximum Gasteiger partial charge on any atom is 0.0844 e. The molecule has 0 aromatic rings. The van der Waals surface area contributed by atoms with Crippen LogP contribution in [0.3, 0.4) is 0 Å². The minimum absolute atomic E-state index is 0.541. The molecule has 0 N–H and O–H groups in total. The van der Waals surface area contributed by atoms with E-state index in [2.05, 4.69) is 31.2 Å². The van der Waals surface area contributed by atoms with Crippen LogP contribution in [0.1, 0.15) is 45.4 Å². The second-order valence-electron chi connectivity index (χ2n) is 3.87. The molecule has 0 bridgehead atoms. The van der Waals surface area contributed by atoms with Crippen LogP contribution < -0.4 is 0 Å². The van der Waals surface area contributed by atoms with Crippen LogP contribution in [-0.4, -0.2) is 12.7 Å². The van der Waals surface area contributed by atoms with Gasteiger partial charge < -0.3 is 4.74 Å². The van der Waals surface area contributed by atoms with E-state index in [0.29, 0.717) is 6.10 Å². The molecule has 1 aliphatic heterocycles. The fraction of sp³-hybridized carbons (Fsp3) is 0.692. The third-order valence-electron chi connectivity index (χ3n) is 2.38. The Morgan fingerprint density at radius 2 is 1.93 bits per heavy atom. The van der Waals surface area contributed by atoms with Gasteiger partial charge in [-0.05, 0) is 25.7 Å². The third kappa shape index (κ3) is 6.90. The molecule has 0 aromatic carbocycles. The smallest absolute Gasteiger partial charge is 0.0844 e. The Hall–Kier alpha value is -0.560. The SMILES string of the molecule is CCCCC/C=C\C/C=C\CC1CO1. The Morgan fingerprint density at radius 3 is 2.64 bits per heavy atom. The zero-order valence-corrected chi connectivity index (χ0v) is 9.24. The maximum absolute atomic E-state index is 5.11. The molecule has 1 atom stereocenters. The number of epoxide rings is 1. The van der Waals surface area contributed by atoms with E-state index in [1.54, 1.807) is 0 Å². The van der Waals surface area contributed by atoms with Crippen molar-refractivity contribution in [3.8, 4) is 0 Å². The minimum Gasteiger partial charge on any atom is -0.373 e. The second-order valence-corrected chi connectivity index (χ2v) is 3.87. The average molecular weight is 194 g/mol. The van der Waals surface area contributed by atoms with Gasteiger partial charge in [0.05, 0.1) is 12.7 Å². The molecule has 80 valence electrons. The Kier molecular flexibility index (Phi) is 6.42. The summed E-state index contributed by atoms with van der Waals surface area (Å²) in [5.41, 5.74) is 0. The lowest BCUT2D eigenvalue weighted by atomic mass is 10.2. The van der Waals surface area contributed by atoms with Crippen LogP contribution in [0.2, 0.25) is 0 Å². The summed E-state index contributed by atoms with van der Waals surface area (Å²) in [5.74, 6) is 0. The highest BCUT2D eigenvalue weighted by Gasteiger charge is 2.19. The quantitative estimate of drug-likeness (QED) is 0.325. The highest BCUT2D eigenvalue weighted by Crippen LogP contribution is 2.13. The first-order valence-corrected chi connectivity index (χ1v) is 5.85. The van der Waals surface area contributed by atoms with Gasteiger partial charge in [0.1, 0.15) is 0 Å². The molecule has 0 spiro atoms. The molecule has 1 heterocycles. The summed E-state index contributed by atoms with van der Waals surface area (Å²) in [5, 5.41) is 0. The molecule has 1 aliphatic rings. The summed E-state index contributed by atoms with van der Waals surface area (Å²) in [6.07, 6.45) is 17.0. The minimum atomic E-state index is 0.541. The molecule has 1 nitrogen and oxygen atoms in total. The first-order valence-electron chi connectivity index (χ1n) is 5.85. The highest BCUT2D eigenvalue weighted by atomic mass is 16.6. The van der Waals surface area contributed by atoms with E-state index >= 15 is 0 Å². The van der Waals surface area contributed by atoms with Crippen LogP contribution >= 0.6 is 0 Å². The second kappa shape index (κ2) is 7.81. The molecule has 0 radical (unpaired) electrons. The monoisotopic (exact) mass is 194 g/mol. The third-order valence-corrected chi connectivity index (χ3v) is 2.38. The predicted octanol–water partition coefficient (Wildman–Crippen LogP) is 3.86. The van der Waals surface area contributed by atoms with Crippen LogP contribution in [0, 0.1) is 0 Å². The normalized spacial score (nSPS) is 21.1. The van der Waals surface area contributed by atoms with Gasteiger partial charge in [-0.25, -0.2) is 0 Å². The highest BCUT2D eigenvalue weighted by molar-refractivity contribution is 4.94. The number of hydrogen-bond donors (Lipinski definition) is 0. The van der Waals surface area contributed by atoms with Crippen molar-refractivity contribution in [2.24, 2.45) is 0 Å². The summed E-state index contributed by atoms with van der Waals surface area (Å²) in [6, 6.07) is 0. The van der Waals surface area contributed by atoms with Crippen molar-refractivity contribution in [3.05, 3.63) is 24.3 Å². The van der Waals surface area contributed by atoms with E-state index in [9.17, 15) is 0 Å². The molecule has 0 amide bonds. The van der Waals surface area contributed by atoms with Crippen molar-refractivity contribution >= 4 is 0 Å². The summed E-state index contributed by atoms with van der Waals surface area (Å²) >= 11 is 0. The van der Waals surface area contributed by atoms with Crippen LogP contribution in [0.25, 0.3) is 0 Å². The van der Waals surface area contributed by atoms with Gasteiger partial charge in [0.15, 0.2) is 0 Å². The first kappa shape index (κ1) is 11.5. The molecule has 0 aromatic heterocycles. The zero-order valence-electron chi connectivity index (χ0n) is 9.24. The van der Waals surface area contributed by atoms with Crippen molar-refractivity contribution < 1.29 is 4.74 Å². The molecular formula is C13H22O. The summed E-state index contributed by atoms with van der Waals surface area (Å²) in [6.45, 7) is 3.21. The fourth-order valence-electron chi connectivity index (χ4n) is 1.35. The van der Waals surface area contributed by atoms with Gasteiger partial charge in [-0.1, -0.05) is 44.1 Å². The summed E-state index contributed by atoms with van der Waals surface area (Å²) in [7, 11) is 0. The number of rotatable bonds is 8. The largest absolute Gasteiger partial charge is 0.373 e. The zero-order chi connectivity index (χ0) is 10.1. The van der Waals surface area contributed by atoms with Gasteiger partial charge in [0, 0.05) is 0 Å². The Labute approximate surface area is 87.8 Å². The molecule has 14 heavy (non-hydrogen) atoms. The number of allylic oxidation sites excluding steroid dienone is 3. The lowest BCUT2D eigenvalue weighted by Gasteiger charge is -1.90. The molecule has 1 heteroatoms. The summed E-state index contributed by atoms with van der Waals surface area (Å²) in [4.78, 5) is 0. The Bertz CT molecular complexity index is 178. The molecular weight excluding hydrogens is 172 g/mol. The van der Waals surface area contributed by atoms with Gasteiger partial charge in [0.2, 0.25) is 0 Å². The van der Waals surface area contributed by atoms with Crippen molar-refractivity contribution in [2.75, 3.05) is 6.61 Å². The van der Waals surface area contributed by atoms with E-state index in [0.717, 1.165) is 19.4 Å². The Morgan fingerprint density at radius 1 is 1.14 bits per heavy atom. The molecule has 1 rings (SSSR count). The number of ether oxygens (including phenoxy) is 1. The fourth-order valence-corrected chi connectivity index (χ4v) is 1.35. The van der Waals surface area contributed by atoms with Crippen molar-refractivity contribution in [3.63, 3.8) is 0 Å². The van der Waals surface area contributed by atoms with E-state index in [-0.39, 0.29) is 0 Å². The van der Waals surface area contributed by atoms with Crippen LogP contribution in [-0.2, 0) is 4.74 Å². The van der Waals surface area contributed by atoms with Gasteiger partial charge in [0.25, 0.3) is 0 Å². The van der Waals surface area contributed by atoms with E-state index in [1.807, 2.05) is 0 Å². The van der Waals surface area contributed by atoms with Crippen molar-refractivity contribution in [1.82, 2.24) is 0 Å². The average Bonchev–Trinajstić information content (AvgIpc) is 2.99. The van der Waals surface area contributed by atoms with Crippen molar-refractivity contribution in [2.45, 2.75) is 51.6 Å². The lowest BCUT2D eigenvalue weighted by Crippen LogP contribution is -1.77. The van der Waals surface area contributed by atoms with Crippen LogP contribution in [0.15, 0.2) is 24.3 Å². The van der Waals surface area contributed by atoms with Gasteiger partial charge >= 0.3 is 0 Å². The Balaban J connectivity index is 1.83. The van der Waals surface area contributed by atoms with E-state index < -0.39 is 0 Å². The van der Waals surface area contributed by atoms with E-state index in [1.165, 1.54) is 25.7 Å². The van der Waals surface area contributed by atoms with Crippen molar-refractivity contribution in [1.29, 1.82) is 0 Å². The lowest BCUT2D eigenvalue weighted by molar-refractivity contribution is 0.410. The van der Waals surface area contributed by atoms with Gasteiger partial charge in [-0.2, -0.15) is 0 Å².